The van der Waals surface area contributed by atoms with Crippen LogP contribution in [0.5, 0.6) is 0 Å². The van der Waals surface area contributed by atoms with E-state index in [-0.39, 0.29) is 0 Å². The fraction of sp³-hybridized carbons (Fsp3) is 0.188. The number of amides is 1. The van der Waals surface area contributed by atoms with Crippen molar-refractivity contribution >= 4 is 11.5 Å². The van der Waals surface area contributed by atoms with Gasteiger partial charge in [-0.3, -0.25) is 4.79 Å². The van der Waals surface area contributed by atoms with Gasteiger partial charge in [-0.15, -0.1) is 0 Å². The van der Waals surface area contributed by atoms with Crippen molar-refractivity contribution in [1.29, 1.82) is 10.5 Å². The highest BCUT2D eigenvalue weighted by atomic mass is 16.1. The monoisotopic (exact) mass is 263 g/mol. The van der Waals surface area contributed by atoms with E-state index < -0.39 is 17.2 Å². The highest BCUT2D eigenvalue weighted by Crippen LogP contribution is 2.46. The maximum atomic E-state index is 11.6. The zero-order chi connectivity index (χ0) is 14.8. The molecule has 20 heavy (non-hydrogen) atoms. The van der Waals surface area contributed by atoms with Crippen LogP contribution >= 0.6 is 0 Å². The van der Waals surface area contributed by atoms with E-state index in [9.17, 15) is 15.3 Å². The van der Waals surface area contributed by atoms with Gasteiger partial charge in [0.2, 0.25) is 5.91 Å². The van der Waals surface area contributed by atoms with E-state index in [0.29, 0.717) is 11.1 Å². The predicted octanol–water partition coefficient (Wildman–Crippen LogP) is 2.16. The number of hydrogen-bond donors (Lipinski definition) is 1. The summed E-state index contributed by atoms with van der Waals surface area (Å²) in [5.41, 5.74) is 5.94. The molecule has 0 saturated heterocycles. The van der Waals surface area contributed by atoms with Crippen LogP contribution in [0, 0.1) is 34.0 Å². The summed E-state index contributed by atoms with van der Waals surface area (Å²) in [4.78, 5) is 11.6. The number of carbonyl (C=O) groups is 1. The summed E-state index contributed by atoms with van der Waals surface area (Å²) in [6, 6.07) is 13.4. The summed E-state index contributed by atoms with van der Waals surface area (Å²) in [5, 5.41) is 18.9. The van der Waals surface area contributed by atoms with Gasteiger partial charge in [-0.05, 0) is 24.1 Å². The second-order valence-electron chi connectivity index (χ2n) is 4.82. The first-order valence-electron chi connectivity index (χ1n) is 6.13. The van der Waals surface area contributed by atoms with E-state index >= 15 is 0 Å². The van der Waals surface area contributed by atoms with E-state index in [1.807, 2.05) is 30.3 Å². The summed E-state index contributed by atoms with van der Waals surface area (Å²) >= 11 is 0. The molecule has 2 atom stereocenters. The smallest absolute Gasteiger partial charge is 0.226 e. The molecule has 4 heteroatoms. The zero-order valence-electron chi connectivity index (χ0n) is 11.0. The lowest BCUT2D eigenvalue weighted by Gasteiger charge is -2.33. The highest BCUT2D eigenvalue weighted by molar-refractivity contribution is 5.90. The Kier molecular flexibility index (Phi) is 3.41. The first-order valence-corrected chi connectivity index (χ1v) is 6.13. The average Bonchev–Trinajstić information content (AvgIpc) is 2.47. The zero-order valence-corrected chi connectivity index (χ0v) is 11.0. The van der Waals surface area contributed by atoms with Gasteiger partial charge in [0.1, 0.15) is 0 Å². The minimum absolute atomic E-state index is 0.387. The summed E-state index contributed by atoms with van der Waals surface area (Å²) in [7, 11) is 0. The van der Waals surface area contributed by atoms with Gasteiger partial charge in [0.15, 0.2) is 0 Å². The largest absolute Gasteiger partial charge is 0.369 e. The fourth-order valence-corrected chi connectivity index (χ4v) is 2.56. The van der Waals surface area contributed by atoms with E-state index in [4.69, 9.17) is 5.73 Å². The minimum atomic E-state index is -1.15. The normalized spacial score (nSPS) is 24.9. The Hall–Kier alpha value is -2.85. The molecule has 2 unspecified atom stereocenters. The van der Waals surface area contributed by atoms with Crippen molar-refractivity contribution in [2.75, 3.05) is 0 Å². The standard InChI is InChI=1S/C16H13N3O/c1-16(10-18)13(15(19)20)8-7-12(9-17)14(16)11-5-3-2-4-6-11/h2-8,13H,1H3,(H2,19,20). The Labute approximate surface area is 117 Å². The SMILES string of the molecule is CC1(C#N)C(c2ccccc2)=C(C#N)C=CC1C(N)=O. The van der Waals surface area contributed by atoms with E-state index in [1.165, 1.54) is 6.08 Å². The molecule has 2 rings (SSSR count). The first kappa shape index (κ1) is 13.6. The molecule has 2 N–H and O–H groups in total. The van der Waals surface area contributed by atoms with Crippen LogP contribution in [0.25, 0.3) is 5.57 Å². The van der Waals surface area contributed by atoms with Crippen LogP contribution < -0.4 is 5.73 Å². The Morgan fingerprint density at radius 1 is 1.30 bits per heavy atom. The Balaban J connectivity index is 2.73. The van der Waals surface area contributed by atoms with Crippen molar-refractivity contribution < 1.29 is 4.79 Å². The molecule has 4 nitrogen and oxygen atoms in total. The number of hydrogen-bond acceptors (Lipinski definition) is 3. The van der Waals surface area contributed by atoms with Crippen molar-refractivity contribution in [2.24, 2.45) is 17.1 Å². The maximum Gasteiger partial charge on any atom is 0.226 e. The molecule has 0 radical (unpaired) electrons. The number of carbonyl (C=O) groups excluding carboxylic acids is 1. The number of nitrogens with two attached hydrogens (primary N) is 1. The maximum absolute atomic E-state index is 11.6. The molecular weight excluding hydrogens is 250 g/mol. The van der Waals surface area contributed by atoms with Gasteiger partial charge in [-0.2, -0.15) is 10.5 Å². The molecule has 1 aliphatic carbocycles. The predicted molar refractivity (Wildman–Crippen MR) is 74.5 cm³/mol. The summed E-state index contributed by atoms with van der Waals surface area (Å²) < 4.78 is 0. The number of allylic oxidation sites excluding steroid dienone is 3. The van der Waals surface area contributed by atoms with Crippen molar-refractivity contribution in [3.05, 3.63) is 53.6 Å². The van der Waals surface area contributed by atoms with Crippen molar-refractivity contribution in [2.45, 2.75) is 6.92 Å². The molecule has 0 bridgehead atoms. The third-order valence-electron chi connectivity index (χ3n) is 3.59. The molecule has 1 aliphatic rings. The molecule has 1 amide bonds. The lowest BCUT2D eigenvalue weighted by Crippen LogP contribution is -2.38. The van der Waals surface area contributed by atoms with Crippen molar-refractivity contribution in [1.82, 2.24) is 0 Å². The lowest BCUT2D eigenvalue weighted by atomic mass is 9.65. The summed E-state index contributed by atoms with van der Waals surface area (Å²) in [6.07, 6.45) is 3.10. The second kappa shape index (κ2) is 5.03. The Morgan fingerprint density at radius 2 is 1.95 bits per heavy atom. The van der Waals surface area contributed by atoms with Crippen LogP contribution in [-0.4, -0.2) is 5.91 Å². The molecule has 1 aromatic carbocycles. The van der Waals surface area contributed by atoms with Crippen LogP contribution in [0.15, 0.2) is 48.1 Å². The Morgan fingerprint density at radius 3 is 2.45 bits per heavy atom. The number of primary amides is 1. The third-order valence-corrected chi connectivity index (χ3v) is 3.59. The Bertz CT molecular complexity index is 689. The molecule has 0 fully saturated rings. The fourth-order valence-electron chi connectivity index (χ4n) is 2.56. The summed E-state index contributed by atoms with van der Waals surface area (Å²) in [6.45, 7) is 1.64. The van der Waals surface area contributed by atoms with Gasteiger partial charge in [-0.1, -0.05) is 36.4 Å². The third kappa shape index (κ3) is 1.98. The van der Waals surface area contributed by atoms with Crippen molar-refractivity contribution in [3.8, 4) is 12.1 Å². The van der Waals surface area contributed by atoms with Gasteiger partial charge in [0.05, 0.1) is 29.0 Å². The van der Waals surface area contributed by atoms with Crippen LogP contribution in [0.4, 0.5) is 0 Å². The number of nitrogens with zero attached hydrogens (tertiary/aromatic N) is 2. The van der Waals surface area contributed by atoms with E-state index in [2.05, 4.69) is 12.1 Å². The summed E-state index contributed by atoms with van der Waals surface area (Å²) in [5.74, 6) is -1.32. The van der Waals surface area contributed by atoms with Gasteiger partial charge in [0, 0.05) is 0 Å². The van der Waals surface area contributed by atoms with Crippen LogP contribution in [0.1, 0.15) is 12.5 Å². The molecule has 0 aromatic heterocycles. The van der Waals surface area contributed by atoms with E-state index in [1.54, 1.807) is 13.0 Å². The van der Waals surface area contributed by atoms with Gasteiger partial charge in [-0.25, -0.2) is 0 Å². The van der Waals surface area contributed by atoms with Crippen LogP contribution in [0.2, 0.25) is 0 Å². The number of benzene rings is 1. The molecule has 0 saturated carbocycles. The van der Waals surface area contributed by atoms with Crippen LogP contribution in [0.3, 0.4) is 0 Å². The van der Waals surface area contributed by atoms with E-state index in [0.717, 1.165) is 5.56 Å². The molecule has 0 aliphatic heterocycles. The quantitative estimate of drug-likeness (QED) is 0.886. The van der Waals surface area contributed by atoms with Gasteiger partial charge >= 0.3 is 0 Å². The lowest BCUT2D eigenvalue weighted by molar-refractivity contribution is -0.121. The van der Waals surface area contributed by atoms with Gasteiger partial charge < -0.3 is 5.73 Å². The first-order chi connectivity index (χ1) is 9.54. The number of rotatable bonds is 2. The highest BCUT2D eigenvalue weighted by Gasteiger charge is 2.44. The van der Waals surface area contributed by atoms with Gasteiger partial charge in [0.25, 0.3) is 0 Å². The molecular formula is C16H13N3O. The molecule has 1 aromatic rings. The molecule has 0 spiro atoms. The number of nitriles is 2. The molecule has 98 valence electrons. The second-order valence-corrected chi connectivity index (χ2v) is 4.82. The van der Waals surface area contributed by atoms with Crippen LogP contribution in [-0.2, 0) is 4.79 Å². The average molecular weight is 263 g/mol. The van der Waals surface area contributed by atoms with Crippen molar-refractivity contribution in [3.63, 3.8) is 0 Å². The topological polar surface area (TPSA) is 90.7 Å². The molecule has 0 heterocycles. The minimum Gasteiger partial charge on any atom is -0.369 e.